The second kappa shape index (κ2) is 3.54. The van der Waals surface area contributed by atoms with Crippen LogP contribution in [-0.2, 0) is 6.42 Å². The Morgan fingerprint density at radius 2 is 2.00 bits per heavy atom. The molecule has 3 heteroatoms. The summed E-state index contributed by atoms with van der Waals surface area (Å²) in [4.78, 5) is 0. The van der Waals surface area contributed by atoms with Crippen LogP contribution in [0.4, 0.5) is 5.82 Å². The molecule has 1 aromatic heterocycles. The van der Waals surface area contributed by atoms with E-state index in [0.29, 0.717) is 5.82 Å². The summed E-state index contributed by atoms with van der Waals surface area (Å²) in [5.41, 5.74) is 7.73. The lowest BCUT2D eigenvalue weighted by molar-refractivity contribution is 0.390. The van der Waals surface area contributed by atoms with Gasteiger partial charge in [0.25, 0.3) is 0 Å². The van der Waals surface area contributed by atoms with Crippen LogP contribution in [-0.4, -0.2) is 5.16 Å². The zero-order valence-electron chi connectivity index (χ0n) is 8.03. The van der Waals surface area contributed by atoms with Gasteiger partial charge in [-0.2, -0.15) is 0 Å². The summed E-state index contributed by atoms with van der Waals surface area (Å²) in [6.07, 6.45) is 0.800. The molecule has 0 saturated heterocycles. The molecule has 14 heavy (non-hydrogen) atoms. The van der Waals surface area contributed by atoms with E-state index in [1.54, 1.807) is 0 Å². The van der Waals surface area contributed by atoms with E-state index < -0.39 is 0 Å². The van der Waals surface area contributed by atoms with Crippen molar-refractivity contribution < 1.29 is 4.52 Å². The van der Waals surface area contributed by atoms with Crippen LogP contribution < -0.4 is 5.73 Å². The van der Waals surface area contributed by atoms with Crippen LogP contribution in [0.2, 0.25) is 0 Å². The molecule has 0 spiro atoms. The molecular formula is C11H12N2O. The van der Waals surface area contributed by atoms with Gasteiger partial charge in [-0.1, -0.05) is 42.4 Å². The molecule has 0 fully saturated rings. The van der Waals surface area contributed by atoms with E-state index in [0.717, 1.165) is 23.3 Å². The highest BCUT2D eigenvalue weighted by atomic mass is 16.5. The first-order valence-electron chi connectivity index (χ1n) is 4.62. The highest BCUT2D eigenvalue weighted by Gasteiger charge is 2.13. The highest BCUT2D eigenvalue weighted by Crippen LogP contribution is 2.29. The fraction of sp³-hybridized carbons (Fsp3) is 0.182. The lowest BCUT2D eigenvalue weighted by Crippen LogP contribution is -1.89. The maximum absolute atomic E-state index is 5.74. The van der Waals surface area contributed by atoms with Crippen molar-refractivity contribution in [3.05, 3.63) is 36.1 Å². The lowest BCUT2D eigenvalue weighted by Gasteiger charge is -1.99. The SMILES string of the molecule is CCc1onc(N)c1-c1ccccc1. The van der Waals surface area contributed by atoms with Crippen molar-refractivity contribution >= 4 is 5.82 Å². The average molecular weight is 188 g/mol. The zero-order valence-corrected chi connectivity index (χ0v) is 8.03. The Morgan fingerprint density at radius 3 is 2.64 bits per heavy atom. The number of anilines is 1. The summed E-state index contributed by atoms with van der Waals surface area (Å²) in [7, 11) is 0. The number of aromatic nitrogens is 1. The summed E-state index contributed by atoms with van der Waals surface area (Å²) < 4.78 is 5.12. The maximum atomic E-state index is 5.74. The van der Waals surface area contributed by atoms with Crippen molar-refractivity contribution in [2.24, 2.45) is 0 Å². The molecule has 0 aliphatic rings. The third-order valence-electron chi connectivity index (χ3n) is 2.17. The van der Waals surface area contributed by atoms with Crippen molar-refractivity contribution in [3.63, 3.8) is 0 Å². The van der Waals surface area contributed by atoms with Crippen LogP contribution in [0.5, 0.6) is 0 Å². The first kappa shape index (κ1) is 8.81. The largest absolute Gasteiger partial charge is 0.380 e. The van der Waals surface area contributed by atoms with Gasteiger partial charge in [-0.25, -0.2) is 0 Å². The topological polar surface area (TPSA) is 52.0 Å². The van der Waals surface area contributed by atoms with E-state index in [2.05, 4.69) is 5.16 Å². The van der Waals surface area contributed by atoms with E-state index in [1.165, 1.54) is 0 Å². The van der Waals surface area contributed by atoms with Crippen molar-refractivity contribution in [3.8, 4) is 11.1 Å². The molecule has 0 aliphatic heterocycles. The second-order valence-corrected chi connectivity index (χ2v) is 3.09. The van der Waals surface area contributed by atoms with Crippen molar-refractivity contribution in [1.29, 1.82) is 0 Å². The molecule has 0 atom stereocenters. The van der Waals surface area contributed by atoms with Gasteiger partial charge in [-0.15, -0.1) is 0 Å². The number of nitrogens with zero attached hydrogens (tertiary/aromatic N) is 1. The Bertz CT molecular complexity index is 420. The van der Waals surface area contributed by atoms with E-state index in [9.17, 15) is 0 Å². The lowest BCUT2D eigenvalue weighted by atomic mass is 10.1. The van der Waals surface area contributed by atoms with Gasteiger partial charge in [0.1, 0.15) is 5.76 Å². The highest BCUT2D eigenvalue weighted by molar-refractivity contribution is 5.75. The molecule has 0 aliphatic carbocycles. The molecule has 72 valence electrons. The minimum absolute atomic E-state index is 0.466. The average Bonchev–Trinajstić information content (AvgIpc) is 2.61. The predicted molar refractivity (Wildman–Crippen MR) is 55.7 cm³/mol. The van der Waals surface area contributed by atoms with Crippen LogP contribution in [0, 0.1) is 0 Å². The van der Waals surface area contributed by atoms with Crippen LogP contribution in [0.1, 0.15) is 12.7 Å². The molecule has 2 aromatic rings. The minimum atomic E-state index is 0.466. The van der Waals surface area contributed by atoms with Gasteiger partial charge in [0, 0.05) is 6.42 Å². The standard InChI is InChI=1S/C11H12N2O/c1-2-9-10(11(12)13-14-9)8-6-4-3-5-7-8/h3-7H,2H2,1H3,(H2,12,13). The molecule has 0 amide bonds. The van der Waals surface area contributed by atoms with Gasteiger partial charge < -0.3 is 10.3 Å². The van der Waals surface area contributed by atoms with E-state index in [1.807, 2.05) is 37.3 Å². The number of nitrogens with two attached hydrogens (primary N) is 1. The molecule has 1 heterocycles. The van der Waals surface area contributed by atoms with Crippen LogP contribution in [0.25, 0.3) is 11.1 Å². The fourth-order valence-corrected chi connectivity index (χ4v) is 1.49. The molecule has 0 bridgehead atoms. The molecule has 0 saturated carbocycles. The number of nitrogen functional groups attached to an aromatic ring is 1. The number of rotatable bonds is 2. The number of aryl methyl sites for hydroxylation is 1. The Labute approximate surface area is 82.5 Å². The molecule has 0 unspecified atom stereocenters. The third kappa shape index (κ3) is 1.37. The van der Waals surface area contributed by atoms with Gasteiger partial charge in [-0.3, -0.25) is 0 Å². The molecule has 0 radical (unpaired) electrons. The number of hydrogen-bond donors (Lipinski definition) is 1. The minimum Gasteiger partial charge on any atom is -0.380 e. The zero-order chi connectivity index (χ0) is 9.97. The number of hydrogen-bond acceptors (Lipinski definition) is 3. The van der Waals surface area contributed by atoms with Crippen LogP contribution >= 0.6 is 0 Å². The van der Waals surface area contributed by atoms with Gasteiger partial charge in [0.2, 0.25) is 0 Å². The van der Waals surface area contributed by atoms with Crippen molar-refractivity contribution in [2.45, 2.75) is 13.3 Å². The third-order valence-corrected chi connectivity index (χ3v) is 2.17. The molecule has 2 rings (SSSR count). The van der Waals surface area contributed by atoms with Gasteiger partial charge in [0.15, 0.2) is 5.82 Å². The first-order chi connectivity index (χ1) is 6.83. The number of benzene rings is 1. The first-order valence-corrected chi connectivity index (χ1v) is 4.62. The smallest absolute Gasteiger partial charge is 0.175 e. The Morgan fingerprint density at radius 1 is 1.29 bits per heavy atom. The van der Waals surface area contributed by atoms with Gasteiger partial charge in [0.05, 0.1) is 5.56 Å². The summed E-state index contributed by atoms with van der Waals surface area (Å²) in [5.74, 6) is 1.31. The van der Waals surface area contributed by atoms with Crippen molar-refractivity contribution in [1.82, 2.24) is 5.16 Å². The van der Waals surface area contributed by atoms with E-state index in [4.69, 9.17) is 10.3 Å². The summed E-state index contributed by atoms with van der Waals surface area (Å²) in [6.45, 7) is 2.02. The summed E-state index contributed by atoms with van der Waals surface area (Å²) >= 11 is 0. The summed E-state index contributed by atoms with van der Waals surface area (Å²) in [5, 5.41) is 3.77. The summed E-state index contributed by atoms with van der Waals surface area (Å²) in [6, 6.07) is 9.92. The van der Waals surface area contributed by atoms with E-state index >= 15 is 0 Å². The molecule has 1 aromatic carbocycles. The Balaban J connectivity index is 2.55. The van der Waals surface area contributed by atoms with Crippen LogP contribution in [0.15, 0.2) is 34.9 Å². The van der Waals surface area contributed by atoms with Gasteiger partial charge >= 0.3 is 0 Å². The van der Waals surface area contributed by atoms with Gasteiger partial charge in [-0.05, 0) is 5.56 Å². The molecule has 2 N–H and O–H groups in total. The monoisotopic (exact) mass is 188 g/mol. The van der Waals surface area contributed by atoms with Crippen molar-refractivity contribution in [2.75, 3.05) is 5.73 Å². The molecule has 3 nitrogen and oxygen atoms in total. The molecular weight excluding hydrogens is 176 g/mol. The van der Waals surface area contributed by atoms with Crippen LogP contribution in [0.3, 0.4) is 0 Å². The van der Waals surface area contributed by atoms with E-state index in [-0.39, 0.29) is 0 Å². The predicted octanol–water partition coefficient (Wildman–Crippen LogP) is 2.49. The second-order valence-electron chi connectivity index (χ2n) is 3.09. The normalized spacial score (nSPS) is 10.4. The quantitative estimate of drug-likeness (QED) is 0.787. The fourth-order valence-electron chi connectivity index (χ4n) is 1.49. The Kier molecular flexibility index (Phi) is 2.23. The maximum Gasteiger partial charge on any atom is 0.175 e. The Hall–Kier alpha value is -1.77.